The van der Waals surface area contributed by atoms with Gasteiger partial charge < -0.3 is 10.3 Å². The van der Waals surface area contributed by atoms with Gasteiger partial charge in [-0.05, 0) is 50.1 Å². The highest BCUT2D eigenvalue weighted by atomic mass is 19.1. The highest BCUT2D eigenvalue weighted by Crippen LogP contribution is 2.22. The van der Waals surface area contributed by atoms with Crippen LogP contribution < -0.4 is 5.32 Å². The lowest BCUT2D eigenvalue weighted by Gasteiger charge is -2.26. The molecule has 0 saturated carbocycles. The molecule has 3 aromatic rings. The predicted octanol–water partition coefficient (Wildman–Crippen LogP) is 4.06. The number of benzene rings is 2. The topological polar surface area (TPSA) is 44.9 Å². The average Bonchev–Trinajstić information content (AvgIpc) is 2.89. The summed E-state index contributed by atoms with van der Waals surface area (Å²) in [5.74, 6) is -0.679. The number of nitrogens with one attached hydrogen (secondary N) is 2. The standard InChI is InChI=1S/C19H19FN2O/c1-19(2,22-18(23)13-6-5-7-15(20)10-13)11-14-12-21-17-9-4-3-8-16(14)17/h3-10,12,21H,11H2,1-2H3,(H,22,23). The van der Waals surface area contributed by atoms with Crippen LogP contribution in [0.25, 0.3) is 10.9 Å². The number of carbonyl (C=O) groups is 1. The minimum atomic E-state index is -0.450. The number of amides is 1. The third-order valence-corrected chi connectivity index (χ3v) is 3.85. The van der Waals surface area contributed by atoms with Crippen LogP contribution >= 0.6 is 0 Å². The van der Waals surface area contributed by atoms with Crippen molar-refractivity contribution in [2.75, 3.05) is 0 Å². The van der Waals surface area contributed by atoms with E-state index in [1.54, 1.807) is 6.07 Å². The summed E-state index contributed by atoms with van der Waals surface area (Å²) in [4.78, 5) is 15.6. The molecule has 118 valence electrons. The Morgan fingerprint density at radius 3 is 2.74 bits per heavy atom. The van der Waals surface area contributed by atoms with E-state index in [9.17, 15) is 9.18 Å². The molecule has 1 heterocycles. The zero-order valence-electron chi connectivity index (χ0n) is 13.2. The molecule has 0 spiro atoms. The van der Waals surface area contributed by atoms with Gasteiger partial charge in [-0.3, -0.25) is 4.79 Å². The fourth-order valence-electron chi connectivity index (χ4n) is 2.81. The highest BCUT2D eigenvalue weighted by molar-refractivity contribution is 5.94. The Labute approximate surface area is 134 Å². The Balaban J connectivity index is 1.77. The maximum Gasteiger partial charge on any atom is 0.251 e. The first-order valence-corrected chi connectivity index (χ1v) is 7.58. The Morgan fingerprint density at radius 2 is 1.96 bits per heavy atom. The van der Waals surface area contributed by atoms with Crippen molar-refractivity contribution in [2.24, 2.45) is 0 Å². The van der Waals surface area contributed by atoms with Crippen molar-refractivity contribution in [3.63, 3.8) is 0 Å². The van der Waals surface area contributed by atoms with Gasteiger partial charge in [0.1, 0.15) is 5.82 Å². The summed E-state index contributed by atoms with van der Waals surface area (Å²) in [5.41, 5.74) is 2.10. The lowest BCUT2D eigenvalue weighted by molar-refractivity contribution is 0.0912. The van der Waals surface area contributed by atoms with Crippen molar-refractivity contribution in [1.82, 2.24) is 10.3 Å². The number of para-hydroxylation sites is 1. The highest BCUT2D eigenvalue weighted by Gasteiger charge is 2.23. The van der Waals surface area contributed by atoms with Gasteiger partial charge in [0.25, 0.3) is 5.91 Å². The summed E-state index contributed by atoms with van der Waals surface area (Å²) >= 11 is 0. The molecule has 0 aliphatic carbocycles. The Kier molecular flexibility index (Phi) is 3.90. The molecule has 0 aliphatic rings. The van der Waals surface area contributed by atoms with E-state index >= 15 is 0 Å². The fourth-order valence-corrected chi connectivity index (χ4v) is 2.81. The maximum atomic E-state index is 13.3. The van der Waals surface area contributed by atoms with Crippen LogP contribution in [-0.4, -0.2) is 16.4 Å². The van der Waals surface area contributed by atoms with E-state index in [1.165, 1.54) is 18.2 Å². The number of H-pyrrole nitrogens is 1. The lowest BCUT2D eigenvalue weighted by Crippen LogP contribution is -2.45. The quantitative estimate of drug-likeness (QED) is 0.750. The van der Waals surface area contributed by atoms with Crippen LogP contribution in [0.3, 0.4) is 0 Å². The van der Waals surface area contributed by atoms with E-state index in [2.05, 4.69) is 16.4 Å². The van der Waals surface area contributed by atoms with E-state index in [1.807, 2.05) is 38.2 Å². The van der Waals surface area contributed by atoms with Gasteiger partial charge in [0.05, 0.1) is 0 Å². The zero-order valence-corrected chi connectivity index (χ0v) is 13.2. The first-order valence-electron chi connectivity index (χ1n) is 7.58. The second-order valence-corrected chi connectivity index (χ2v) is 6.38. The predicted molar refractivity (Wildman–Crippen MR) is 89.9 cm³/mol. The molecular formula is C19H19FN2O. The largest absolute Gasteiger partial charge is 0.361 e. The molecule has 0 atom stereocenters. The third-order valence-electron chi connectivity index (χ3n) is 3.85. The van der Waals surface area contributed by atoms with Crippen molar-refractivity contribution < 1.29 is 9.18 Å². The molecule has 2 N–H and O–H groups in total. The molecule has 0 saturated heterocycles. The second-order valence-electron chi connectivity index (χ2n) is 6.38. The maximum absolute atomic E-state index is 13.3. The SMILES string of the molecule is CC(C)(Cc1c[nH]c2ccccc12)NC(=O)c1cccc(F)c1. The number of rotatable bonds is 4. The van der Waals surface area contributed by atoms with Crippen LogP contribution in [0.15, 0.2) is 54.7 Å². The summed E-state index contributed by atoms with van der Waals surface area (Å²) in [6, 6.07) is 13.8. The van der Waals surface area contributed by atoms with Gasteiger partial charge in [0.15, 0.2) is 0 Å². The van der Waals surface area contributed by atoms with Crippen molar-refractivity contribution in [3.8, 4) is 0 Å². The van der Waals surface area contributed by atoms with E-state index in [0.717, 1.165) is 16.5 Å². The molecule has 0 fully saturated rings. The lowest BCUT2D eigenvalue weighted by atomic mass is 9.94. The van der Waals surface area contributed by atoms with Gasteiger partial charge in [0.2, 0.25) is 0 Å². The molecule has 2 aromatic carbocycles. The zero-order chi connectivity index (χ0) is 16.4. The van der Waals surface area contributed by atoms with E-state index < -0.39 is 11.4 Å². The summed E-state index contributed by atoms with van der Waals surface area (Å²) in [5, 5.41) is 4.14. The van der Waals surface area contributed by atoms with Crippen LogP contribution in [0.2, 0.25) is 0 Å². The number of hydrogen-bond acceptors (Lipinski definition) is 1. The summed E-state index contributed by atoms with van der Waals surface area (Å²) in [6.45, 7) is 3.93. The monoisotopic (exact) mass is 310 g/mol. The second kappa shape index (κ2) is 5.88. The summed E-state index contributed by atoms with van der Waals surface area (Å²) in [6.07, 6.45) is 2.65. The molecule has 1 amide bonds. The first-order chi connectivity index (χ1) is 10.9. The minimum Gasteiger partial charge on any atom is -0.361 e. The number of aromatic nitrogens is 1. The molecule has 3 nitrogen and oxygen atoms in total. The van der Waals surface area contributed by atoms with Crippen LogP contribution in [0.5, 0.6) is 0 Å². The minimum absolute atomic E-state index is 0.269. The van der Waals surface area contributed by atoms with Gasteiger partial charge in [-0.2, -0.15) is 0 Å². The third kappa shape index (κ3) is 3.42. The number of hydrogen-bond donors (Lipinski definition) is 2. The van der Waals surface area contributed by atoms with Crippen molar-refractivity contribution >= 4 is 16.8 Å². The molecular weight excluding hydrogens is 291 g/mol. The molecule has 0 bridgehead atoms. The normalized spacial score (nSPS) is 11.6. The van der Waals surface area contributed by atoms with Gasteiger partial charge in [0, 0.05) is 28.2 Å². The van der Waals surface area contributed by atoms with Crippen LogP contribution in [0, 0.1) is 5.82 Å². The Morgan fingerprint density at radius 1 is 1.17 bits per heavy atom. The molecule has 3 rings (SSSR count). The van der Waals surface area contributed by atoms with Crippen molar-refractivity contribution in [2.45, 2.75) is 25.8 Å². The average molecular weight is 310 g/mol. The van der Waals surface area contributed by atoms with Gasteiger partial charge in [-0.15, -0.1) is 0 Å². The van der Waals surface area contributed by atoms with E-state index in [0.29, 0.717) is 12.0 Å². The van der Waals surface area contributed by atoms with Crippen molar-refractivity contribution in [1.29, 1.82) is 0 Å². The molecule has 4 heteroatoms. The Bertz CT molecular complexity index is 851. The van der Waals surface area contributed by atoms with Crippen LogP contribution in [-0.2, 0) is 6.42 Å². The van der Waals surface area contributed by atoms with Gasteiger partial charge in [-0.25, -0.2) is 4.39 Å². The number of fused-ring (bicyclic) bond motifs is 1. The van der Waals surface area contributed by atoms with E-state index in [4.69, 9.17) is 0 Å². The molecule has 0 radical (unpaired) electrons. The number of carbonyl (C=O) groups excluding carboxylic acids is 1. The molecule has 0 aliphatic heterocycles. The molecule has 23 heavy (non-hydrogen) atoms. The van der Waals surface area contributed by atoms with Gasteiger partial charge in [-0.1, -0.05) is 24.3 Å². The van der Waals surface area contributed by atoms with Crippen LogP contribution in [0.1, 0.15) is 29.8 Å². The fraction of sp³-hybridized carbons (Fsp3) is 0.211. The number of halogens is 1. The summed E-state index contributed by atoms with van der Waals surface area (Å²) < 4.78 is 13.3. The van der Waals surface area contributed by atoms with Gasteiger partial charge >= 0.3 is 0 Å². The Hall–Kier alpha value is -2.62. The summed E-state index contributed by atoms with van der Waals surface area (Å²) in [7, 11) is 0. The van der Waals surface area contributed by atoms with Crippen LogP contribution in [0.4, 0.5) is 4.39 Å². The van der Waals surface area contributed by atoms with Crippen molar-refractivity contribution in [3.05, 3.63) is 71.7 Å². The molecule has 0 unspecified atom stereocenters. The smallest absolute Gasteiger partial charge is 0.251 e. The first kappa shape index (κ1) is 15.3. The number of aromatic amines is 1. The van der Waals surface area contributed by atoms with E-state index in [-0.39, 0.29) is 5.91 Å². The molecule has 1 aromatic heterocycles.